The molecule has 5 heteroatoms. The van der Waals surface area contributed by atoms with Crippen molar-refractivity contribution in [1.29, 1.82) is 0 Å². The van der Waals surface area contributed by atoms with Crippen LogP contribution in [0.1, 0.15) is 24.8 Å². The van der Waals surface area contributed by atoms with Gasteiger partial charge in [0.1, 0.15) is 0 Å². The first kappa shape index (κ1) is 11.8. The summed E-state index contributed by atoms with van der Waals surface area (Å²) in [5.74, 6) is 0.873. The van der Waals surface area contributed by atoms with Crippen molar-refractivity contribution in [3.05, 3.63) is 18.0 Å². The summed E-state index contributed by atoms with van der Waals surface area (Å²) < 4.78 is 0. The molecule has 1 saturated heterocycles. The van der Waals surface area contributed by atoms with Crippen LogP contribution in [0, 0.1) is 12.8 Å². The van der Waals surface area contributed by atoms with Crippen LogP contribution in [0.5, 0.6) is 0 Å². The fourth-order valence-corrected chi connectivity index (χ4v) is 2.25. The molecule has 1 fully saturated rings. The first-order valence-corrected chi connectivity index (χ1v) is 5.97. The Morgan fingerprint density at radius 2 is 2.24 bits per heavy atom. The average molecular weight is 234 g/mol. The highest BCUT2D eigenvalue weighted by Crippen LogP contribution is 2.22. The highest BCUT2D eigenvalue weighted by atomic mass is 16.1. The summed E-state index contributed by atoms with van der Waals surface area (Å²) in [4.78, 5) is 21.7. The molecule has 0 saturated carbocycles. The second kappa shape index (κ2) is 5.12. The molecule has 0 bridgehead atoms. The number of amides is 1. The summed E-state index contributed by atoms with van der Waals surface area (Å²) in [5, 5.41) is 0. The standard InChI is InChI=1S/C12H18N4O/c1-9-6-14-12(15-7-9)16-4-2-3-10(8-16)5-11(13)17/h6-7,10H,2-5,8H2,1H3,(H2,13,17). The lowest BCUT2D eigenvalue weighted by Crippen LogP contribution is -2.38. The van der Waals surface area contributed by atoms with Crippen LogP contribution in [0.3, 0.4) is 0 Å². The summed E-state index contributed by atoms with van der Waals surface area (Å²) in [7, 11) is 0. The van der Waals surface area contributed by atoms with Gasteiger partial charge >= 0.3 is 0 Å². The van der Waals surface area contributed by atoms with Gasteiger partial charge in [0.05, 0.1) is 0 Å². The number of nitrogens with zero attached hydrogens (tertiary/aromatic N) is 3. The van der Waals surface area contributed by atoms with E-state index in [2.05, 4.69) is 14.9 Å². The molecule has 17 heavy (non-hydrogen) atoms. The van der Waals surface area contributed by atoms with Gasteiger partial charge in [0.15, 0.2) is 0 Å². The van der Waals surface area contributed by atoms with Gasteiger partial charge in [-0.15, -0.1) is 0 Å². The number of hydrogen-bond donors (Lipinski definition) is 1. The number of anilines is 1. The van der Waals surface area contributed by atoms with Gasteiger partial charge in [-0.2, -0.15) is 0 Å². The molecule has 2 N–H and O–H groups in total. The normalized spacial score (nSPS) is 20.3. The molecule has 0 aromatic carbocycles. The smallest absolute Gasteiger partial charge is 0.225 e. The minimum atomic E-state index is -0.221. The number of piperidine rings is 1. The van der Waals surface area contributed by atoms with E-state index in [1.165, 1.54) is 0 Å². The van der Waals surface area contributed by atoms with Crippen molar-refractivity contribution in [2.75, 3.05) is 18.0 Å². The zero-order valence-electron chi connectivity index (χ0n) is 10.1. The Morgan fingerprint density at radius 3 is 2.88 bits per heavy atom. The third kappa shape index (κ3) is 3.15. The molecule has 2 heterocycles. The monoisotopic (exact) mass is 234 g/mol. The number of carbonyl (C=O) groups is 1. The minimum absolute atomic E-state index is 0.221. The van der Waals surface area contributed by atoms with Crippen molar-refractivity contribution in [2.24, 2.45) is 11.7 Å². The first-order valence-electron chi connectivity index (χ1n) is 5.97. The van der Waals surface area contributed by atoms with Gasteiger partial charge in [-0.25, -0.2) is 9.97 Å². The third-order valence-corrected chi connectivity index (χ3v) is 3.06. The average Bonchev–Trinajstić information content (AvgIpc) is 2.29. The van der Waals surface area contributed by atoms with E-state index >= 15 is 0 Å². The molecule has 2 rings (SSSR count). The number of aryl methyl sites for hydroxylation is 1. The Hall–Kier alpha value is -1.65. The lowest BCUT2D eigenvalue weighted by molar-refractivity contribution is -0.118. The fourth-order valence-electron chi connectivity index (χ4n) is 2.25. The highest BCUT2D eigenvalue weighted by molar-refractivity contribution is 5.74. The molecule has 92 valence electrons. The number of nitrogens with two attached hydrogens (primary N) is 1. The van der Waals surface area contributed by atoms with Crippen LogP contribution in [0.4, 0.5) is 5.95 Å². The number of primary amides is 1. The SMILES string of the molecule is Cc1cnc(N2CCCC(CC(N)=O)C2)nc1. The van der Waals surface area contributed by atoms with Crippen LogP contribution >= 0.6 is 0 Å². The van der Waals surface area contributed by atoms with Crippen LogP contribution in [-0.2, 0) is 4.79 Å². The van der Waals surface area contributed by atoms with E-state index in [4.69, 9.17) is 5.73 Å². The van der Waals surface area contributed by atoms with Gasteiger partial charge in [-0.05, 0) is 31.2 Å². The van der Waals surface area contributed by atoms with Crippen molar-refractivity contribution in [3.63, 3.8) is 0 Å². The molecule has 0 radical (unpaired) electrons. The maximum Gasteiger partial charge on any atom is 0.225 e. The van der Waals surface area contributed by atoms with E-state index in [-0.39, 0.29) is 5.91 Å². The largest absolute Gasteiger partial charge is 0.370 e. The van der Waals surface area contributed by atoms with Crippen LogP contribution in [0.25, 0.3) is 0 Å². The predicted molar refractivity (Wildman–Crippen MR) is 65.5 cm³/mol. The maximum absolute atomic E-state index is 10.9. The van der Waals surface area contributed by atoms with Gasteiger partial charge in [-0.3, -0.25) is 4.79 Å². The van der Waals surface area contributed by atoms with Crippen LogP contribution < -0.4 is 10.6 Å². The quantitative estimate of drug-likeness (QED) is 0.842. The number of hydrogen-bond acceptors (Lipinski definition) is 4. The lowest BCUT2D eigenvalue weighted by atomic mass is 9.95. The Labute approximate surface area is 101 Å². The summed E-state index contributed by atoms with van der Waals surface area (Å²) in [6.07, 6.45) is 6.23. The number of rotatable bonds is 3. The van der Waals surface area contributed by atoms with Crippen LogP contribution in [0.2, 0.25) is 0 Å². The van der Waals surface area contributed by atoms with Crippen molar-refractivity contribution in [1.82, 2.24) is 9.97 Å². The molecule has 1 amide bonds. The van der Waals surface area contributed by atoms with Gasteiger partial charge in [-0.1, -0.05) is 0 Å². The molecule has 0 aliphatic carbocycles. The Morgan fingerprint density at radius 1 is 1.53 bits per heavy atom. The van der Waals surface area contributed by atoms with Gasteiger partial charge in [0.2, 0.25) is 11.9 Å². The molecular formula is C12H18N4O. The van der Waals surface area contributed by atoms with Gasteiger partial charge in [0, 0.05) is 31.9 Å². The summed E-state index contributed by atoms with van der Waals surface area (Å²) in [6.45, 7) is 3.75. The van der Waals surface area contributed by atoms with Crippen LogP contribution in [0.15, 0.2) is 12.4 Å². The molecule has 1 aliphatic rings. The summed E-state index contributed by atoms with van der Waals surface area (Å²) in [6, 6.07) is 0. The van der Waals surface area contributed by atoms with Gasteiger partial charge in [0.25, 0.3) is 0 Å². The zero-order valence-corrected chi connectivity index (χ0v) is 10.1. The molecule has 1 unspecified atom stereocenters. The van der Waals surface area contributed by atoms with Crippen molar-refractivity contribution < 1.29 is 4.79 Å². The molecule has 0 spiro atoms. The second-order valence-electron chi connectivity index (χ2n) is 4.69. The van der Waals surface area contributed by atoms with Crippen molar-refractivity contribution in [2.45, 2.75) is 26.2 Å². The molecule has 1 aliphatic heterocycles. The Kier molecular flexibility index (Phi) is 3.56. The number of aromatic nitrogens is 2. The van der Waals surface area contributed by atoms with E-state index in [1.54, 1.807) is 0 Å². The third-order valence-electron chi connectivity index (χ3n) is 3.06. The Bertz CT molecular complexity index is 390. The summed E-state index contributed by atoms with van der Waals surface area (Å²) in [5.41, 5.74) is 6.29. The molecule has 1 aromatic rings. The molecule has 5 nitrogen and oxygen atoms in total. The van der Waals surface area contributed by atoms with Gasteiger partial charge < -0.3 is 10.6 Å². The second-order valence-corrected chi connectivity index (χ2v) is 4.69. The fraction of sp³-hybridized carbons (Fsp3) is 0.583. The van der Waals surface area contributed by atoms with E-state index in [0.29, 0.717) is 12.3 Å². The molecule has 1 aromatic heterocycles. The molecule has 1 atom stereocenters. The maximum atomic E-state index is 10.9. The summed E-state index contributed by atoms with van der Waals surface area (Å²) >= 11 is 0. The van der Waals surface area contributed by atoms with E-state index in [1.807, 2.05) is 19.3 Å². The van der Waals surface area contributed by atoms with Crippen molar-refractivity contribution in [3.8, 4) is 0 Å². The minimum Gasteiger partial charge on any atom is -0.370 e. The highest BCUT2D eigenvalue weighted by Gasteiger charge is 2.22. The van der Waals surface area contributed by atoms with E-state index in [9.17, 15) is 4.79 Å². The predicted octanol–water partition coefficient (Wildman–Crippen LogP) is 0.877. The Balaban J connectivity index is 2.01. The van der Waals surface area contributed by atoms with Crippen molar-refractivity contribution >= 4 is 11.9 Å². The van der Waals surface area contributed by atoms with E-state index in [0.717, 1.165) is 37.4 Å². The zero-order chi connectivity index (χ0) is 12.3. The van der Waals surface area contributed by atoms with E-state index < -0.39 is 0 Å². The number of carbonyl (C=O) groups excluding carboxylic acids is 1. The molecular weight excluding hydrogens is 216 g/mol. The topological polar surface area (TPSA) is 72.1 Å². The first-order chi connectivity index (χ1) is 8.15. The lowest BCUT2D eigenvalue weighted by Gasteiger charge is -2.32. The van der Waals surface area contributed by atoms with Crippen LogP contribution in [-0.4, -0.2) is 29.0 Å².